The Bertz CT molecular complexity index is 863. The van der Waals surface area contributed by atoms with Crippen molar-refractivity contribution in [3.05, 3.63) is 54.6 Å². The highest BCUT2D eigenvalue weighted by atomic mass is 19.1. The summed E-state index contributed by atoms with van der Waals surface area (Å²) in [6.45, 7) is 0.513. The maximum absolute atomic E-state index is 14.2. The van der Waals surface area contributed by atoms with Gasteiger partial charge in [0.2, 0.25) is 0 Å². The zero-order valence-corrected chi connectivity index (χ0v) is 11.8. The topological polar surface area (TPSA) is 62.7 Å². The van der Waals surface area contributed by atoms with Crippen LogP contribution in [0.4, 0.5) is 20.3 Å². The van der Waals surface area contributed by atoms with E-state index in [0.29, 0.717) is 35.0 Å². The lowest BCUT2D eigenvalue weighted by Gasteiger charge is -2.12. The highest BCUT2D eigenvalue weighted by molar-refractivity contribution is 5.87. The van der Waals surface area contributed by atoms with Gasteiger partial charge in [-0.1, -0.05) is 0 Å². The molecule has 0 aromatic carbocycles. The highest BCUT2D eigenvalue weighted by Gasteiger charge is 2.22. The molecule has 0 amide bonds. The lowest BCUT2D eigenvalue weighted by molar-refractivity contribution is 0.579. The Morgan fingerprint density at radius 2 is 1.83 bits per heavy atom. The monoisotopic (exact) mass is 311 g/mol. The van der Waals surface area contributed by atoms with Crippen molar-refractivity contribution in [2.24, 2.45) is 0 Å². The summed E-state index contributed by atoms with van der Waals surface area (Å²) in [7, 11) is 0. The van der Waals surface area contributed by atoms with Crippen LogP contribution in [-0.2, 0) is 0 Å². The summed E-state index contributed by atoms with van der Waals surface area (Å²) in [4.78, 5) is 12.1. The van der Waals surface area contributed by atoms with Crippen LogP contribution in [0.2, 0.25) is 0 Å². The summed E-state index contributed by atoms with van der Waals surface area (Å²) in [5, 5.41) is 6.15. The molecule has 114 valence electrons. The molecule has 0 unspecified atom stereocenters. The van der Waals surface area contributed by atoms with E-state index in [1.165, 1.54) is 0 Å². The summed E-state index contributed by atoms with van der Waals surface area (Å²) >= 11 is 0. The van der Waals surface area contributed by atoms with Gasteiger partial charge in [-0.3, -0.25) is 9.97 Å². The van der Waals surface area contributed by atoms with Crippen LogP contribution in [0.3, 0.4) is 0 Å². The van der Waals surface area contributed by atoms with E-state index in [1.807, 2.05) is 0 Å². The third-order valence-corrected chi connectivity index (χ3v) is 3.61. The molecule has 2 N–H and O–H groups in total. The Labute approximate surface area is 130 Å². The van der Waals surface area contributed by atoms with Crippen LogP contribution in [-0.4, -0.2) is 21.6 Å². The Morgan fingerprint density at radius 3 is 2.57 bits per heavy atom. The fourth-order valence-corrected chi connectivity index (χ4v) is 2.59. The maximum atomic E-state index is 14.2. The molecule has 5 nitrogen and oxygen atoms in total. The molecular weight excluding hydrogens is 300 g/mol. The summed E-state index contributed by atoms with van der Waals surface area (Å²) in [5.74, 6) is -0.826. The largest absolute Gasteiger partial charge is 0.365 e. The van der Waals surface area contributed by atoms with E-state index in [-0.39, 0.29) is 5.56 Å². The first-order valence-electron chi connectivity index (χ1n) is 6.96. The molecule has 0 bridgehead atoms. The Morgan fingerprint density at radius 1 is 1.00 bits per heavy atom. The summed E-state index contributed by atoms with van der Waals surface area (Å²) < 4.78 is 28.4. The second-order valence-electron chi connectivity index (χ2n) is 5.03. The average molecular weight is 311 g/mol. The molecule has 0 atom stereocenters. The molecule has 0 saturated carbocycles. The lowest BCUT2D eigenvalue weighted by Crippen LogP contribution is -1.99. The van der Waals surface area contributed by atoms with Gasteiger partial charge in [-0.25, -0.2) is 13.8 Å². The van der Waals surface area contributed by atoms with Gasteiger partial charge in [-0.15, -0.1) is 0 Å². The number of nitrogens with zero attached hydrogens (tertiary/aromatic N) is 3. The SMILES string of the molecule is Fc1cncc(F)c1-c1cc2c(nc1-c1cccnc1)NCN2. The lowest BCUT2D eigenvalue weighted by atomic mass is 9.99. The maximum Gasteiger partial charge on any atom is 0.152 e. The van der Waals surface area contributed by atoms with Gasteiger partial charge in [0.05, 0.1) is 36.0 Å². The molecule has 0 fully saturated rings. The van der Waals surface area contributed by atoms with E-state index in [1.54, 1.807) is 30.6 Å². The van der Waals surface area contributed by atoms with Crippen molar-refractivity contribution in [2.45, 2.75) is 0 Å². The van der Waals surface area contributed by atoms with Crippen molar-refractivity contribution in [1.82, 2.24) is 15.0 Å². The fraction of sp³-hybridized carbons (Fsp3) is 0.0625. The van der Waals surface area contributed by atoms with Crippen LogP contribution < -0.4 is 10.6 Å². The van der Waals surface area contributed by atoms with Crippen molar-refractivity contribution in [1.29, 1.82) is 0 Å². The number of rotatable bonds is 2. The van der Waals surface area contributed by atoms with Gasteiger partial charge in [0, 0.05) is 23.5 Å². The van der Waals surface area contributed by atoms with E-state index in [2.05, 4.69) is 25.6 Å². The molecule has 4 heterocycles. The fourth-order valence-electron chi connectivity index (χ4n) is 2.59. The molecule has 0 radical (unpaired) electrons. The van der Waals surface area contributed by atoms with Crippen molar-refractivity contribution in [3.63, 3.8) is 0 Å². The molecule has 1 aliphatic heterocycles. The molecule has 0 spiro atoms. The number of aromatic nitrogens is 3. The average Bonchev–Trinajstić information content (AvgIpc) is 3.02. The smallest absolute Gasteiger partial charge is 0.152 e. The van der Waals surface area contributed by atoms with E-state index in [4.69, 9.17) is 0 Å². The Hall–Kier alpha value is -3.09. The van der Waals surface area contributed by atoms with Gasteiger partial charge in [0.1, 0.15) is 0 Å². The number of pyridine rings is 3. The molecule has 3 aromatic rings. The predicted octanol–water partition coefficient (Wildman–Crippen LogP) is 3.28. The zero-order chi connectivity index (χ0) is 15.8. The van der Waals surface area contributed by atoms with Crippen LogP contribution >= 0.6 is 0 Å². The summed E-state index contributed by atoms with van der Waals surface area (Å²) in [6, 6.07) is 5.23. The van der Waals surface area contributed by atoms with Crippen LogP contribution in [0.25, 0.3) is 22.4 Å². The van der Waals surface area contributed by atoms with E-state index < -0.39 is 11.6 Å². The number of anilines is 2. The molecule has 4 rings (SSSR count). The van der Waals surface area contributed by atoms with E-state index in [9.17, 15) is 8.78 Å². The van der Waals surface area contributed by atoms with Gasteiger partial charge in [-0.05, 0) is 18.2 Å². The number of halogens is 2. The van der Waals surface area contributed by atoms with Gasteiger partial charge >= 0.3 is 0 Å². The first-order chi connectivity index (χ1) is 11.2. The Balaban J connectivity index is 2.02. The summed E-state index contributed by atoms with van der Waals surface area (Å²) in [5.41, 5.74) is 2.03. The van der Waals surface area contributed by atoms with Crippen LogP contribution in [0, 0.1) is 11.6 Å². The molecule has 7 heteroatoms. The Kier molecular flexibility index (Phi) is 3.11. The van der Waals surface area contributed by atoms with Crippen LogP contribution in [0.15, 0.2) is 43.0 Å². The minimum atomic E-state index is -0.733. The van der Waals surface area contributed by atoms with Gasteiger partial charge in [0.25, 0.3) is 0 Å². The molecular formula is C16H11F2N5. The minimum absolute atomic E-state index is 0.150. The van der Waals surface area contributed by atoms with Gasteiger partial charge in [-0.2, -0.15) is 0 Å². The minimum Gasteiger partial charge on any atom is -0.365 e. The molecule has 3 aromatic heterocycles. The first kappa shape index (κ1) is 13.6. The van der Waals surface area contributed by atoms with Crippen LogP contribution in [0.1, 0.15) is 0 Å². The van der Waals surface area contributed by atoms with E-state index in [0.717, 1.165) is 12.4 Å². The van der Waals surface area contributed by atoms with Gasteiger partial charge < -0.3 is 10.6 Å². The van der Waals surface area contributed by atoms with Crippen LogP contribution in [0.5, 0.6) is 0 Å². The normalized spacial score (nSPS) is 12.4. The predicted molar refractivity (Wildman–Crippen MR) is 82.7 cm³/mol. The molecule has 0 aliphatic carbocycles. The standard InChI is InChI=1S/C16H11F2N5/c17-11-6-20-7-12(18)14(11)10-4-13-16(22-8-21-13)23-15(10)9-2-1-3-19-5-9/h1-7,21H,8H2,(H,22,23). The number of nitrogens with one attached hydrogen (secondary N) is 2. The van der Waals surface area contributed by atoms with Crippen molar-refractivity contribution < 1.29 is 8.78 Å². The second-order valence-corrected chi connectivity index (χ2v) is 5.03. The number of hydrogen-bond acceptors (Lipinski definition) is 5. The molecule has 23 heavy (non-hydrogen) atoms. The van der Waals surface area contributed by atoms with Crippen molar-refractivity contribution >= 4 is 11.5 Å². The highest BCUT2D eigenvalue weighted by Crippen LogP contribution is 2.38. The van der Waals surface area contributed by atoms with Crippen molar-refractivity contribution in [2.75, 3.05) is 17.3 Å². The van der Waals surface area contributed by atoms with E-state index >= 15 is 0 Å². The molecule has 1 aliphatic rings. The zero-order valence-electron chi connectivity index (χ0n) is 11.8. The third-order valence-electron chi connectivity index (χ3n) is 3.61. The van der Waals surface area contributed by atoms with Crippen molar-refractivity contribution in [3.8, 4) is 22.4 Å². The van der Waals surface area contributed by atoms with Gasteiger partial charge in [0.15, 0.2) is 17.5 Å². The number of fused-ring (bicyclic) bond motifs is 1. The first-order valence-corrected chi connectivity index (χ1v) is 6.96. The molecule has 0 saturated heterocycles. The summed E-state index contributed by atoms with van der Waals surface area (Å²) in [6.07, 6.45) is 5.22. The number of hydrogen-bond donors (Lipinski definition) is 2. The quantitative estimate of drug-likeness (QED) is 0.760. The third kappa shape index (κ3) is 2.26. The second kappa shape index (κ2) is 5.28.